The molecule has 0 fully saturated rings. The van der Waals surface area contributed by atoms with Crippen LogP contribution >= 0.6 is 0 Å². The lowest BCUT2D eigenvalue weighted by Crippen LogP contribution is -2.29. The van der Waals surface area contributed by atoms with Crippen molar-refractivity contribution in [3.8, 4) is 5.75 Å². The molecule has 1 rings (SSSR count). The van der Waals surface area contributed by atoms with E-state index in [2.05, 4.69) is 69.6 Å². The van der Waals surface area contributed by atoms with Crippen LogP contribution in [0.2, 0.25) is 39.3 Å². The Kier molecular flexibility index (Phi) is 12.6. The first-order valence-corrected chi connectivity index (χ1v) is 19.0. The number of rotatable bonds is 16. The van der Waals surface area contributed by atoms with Gasteiger partial charge in [0.2, 0.25) is 8.32 Å². The summed E-state index contributed by atoms with van der Waals surface area (Å²) in [6.07, 6.45) is 16.7. The molecule has 0 saturated carbocycles. The highest BCUT2D eigenvalue weighted by molar-refractivity contribution is 6.70. The van der Waals surface area contributed by atoms with Crippen molar-refractivity contribution >= 4 is 22.8 Å². The van der Waals surface area contributed by atoms with Gasteiger partial charge in [0, 0.05) is 5.56 Å². The Bertz CT molecular complexity index is 619. The molecule has 172 valence electrons. The third kappa shape index (κ3) is 14.0. The van der Waals surface area contributed by atoms with E-state index >= 15 is 0 Å². The Balaban J connectivity index is 2.51. The molecule has 1 aromatic rings. The van der Waals surface area contributed by atoms with Gasteiger partial charge in [-0.15, -0.1) is 5.16 Å². The number of hydrogen-bond donors (Lipinski definition) is 0. The number of unbranched alkanes of at least 4 members (excludes halogenated alkanes) is 9. The van der Waals surface area contributed by atoms with Crippen LogP contribution in [0.1, 0.15) is 82.3 Å². The first kappa shape index (κ1) is 27.0. The number of benzene rings is 1. The molecular formula is C25H47NO2Si2. The molecule has 0 radical (unpaired) electrons. The van der Waals surface area contributed by atoms with Crippen molar-refractivity contribution in [3.05, 3.63) is 29.3 Å². The molecule has 0 amide bonds. The molecule has 0 aliphatic carbocycles. The SMILES string of the molecule is CCCCCCCCCCCCc1ccc(O[Si](C)(C)C)c(C=NO[Si](C)(C)C)c1. The van der Waals surface area contributed by atoms with Gasteiger partial charge in [-0.05, 0) is 69.8 Å². The summed E-state index contributed by atoms with van der Waals surface area (Å²) in [6, 6.07) is 6.58. The van der Waals surface area contributed by atoms with Crippen molar-refractivity contribution in [2.45, 2.75) is 117 Å². The van der Waals surface area contributed by atoms with Crippen LogP contribution in [-0.2, 0) is 10.9 Å². The van der Waals surface area contributed by atoms with E-state index in [1.807, 2.05) is 6.21 Å². The van der Waals surface area contributed by atoms with Gasteiger partial charge in [-0.3, -0.25) is 0 Å². The Labute approximate surface area is 188 Å². The summed E-state index contributed by atoms with van der Waals surface area (Å²) in [6.45, 7) is 15.4. The molecule has 30 heavy (non-hydrogen) atoms. The molecule has 0 aromatic heterocycles. The van der Waals surface area contributed by atoms with Crippen molar-refractivity contribution in [3.63, 3.8) is 0 Å². The van der Waals surface area contributed by atoms with Gasteiger partial charge in [-0.1, -0.05) is 70.8 Å². The average Bonchev–Trinajstić information content (AvgIpc) is 2.63. The van der Waals surface area contributed by atoms with Gasteiger partial charge in [0.1, 0.15) is 5.75 Å². The van der Waals surface area contributed by atoms with Crippen molar-refractivity contribution in [1.82, 2.24) is 0 Å². The van der Waals surface area contributed by atoms with E-state index in [1.165, 1.54) is 69.8 Å². The summed E-state index contributed by atoms with van der Waals surface area (Å²) in [5.41, 5.74) is 2.41. The maximum atomic E-state index is 6.28. The summed E-state index contributed by atoms with van der Waals surface area (Å²) >= 11 is 0. The molecule has 0 spiro atoms. The molecule has 0 saturated heterocycles. The molecule has 3 nitrogen and oxygen atoms in total. The summed E-state index contributed by atoms with van der Waals surface area (Å²) in [5, 5.41) is 4.27. The summed E-state index contributed by atoms with van der Waals surface area (Å²) in [7, 11) is -3.34. The summed E-state index contributed by atoms with van der Waals surface area (Å²) in [4.78, 5) is 0. The van der Waals surface area contributed by atoms with Crippen molar-refractivity contribution in [1.29, 1.82) is 0 Å². The molecule has 0 N–H and O–H groups in total. The molecule has 5 heteroatoms. The molecule has 0 heterocycles. The fraction of sp³-hybridized carbons (Fsp3) is 0.720. The maximum absolute atomic E-state index is 6.28. The first-order chi connectivity index (χ1) is 14.1. The highest BCUT2D eigenvalue weighted by atomic mass is 28.4. The number of nitrogens with zero attached hydrogens (tertiary/aromatic N) is 1. The third-order valence-electron chi connectivity index (χ3n) is 4.83. The molecule has 0 aliphatic heterocycles. The van der Waals surface area contributed by atoms with Gasteiger partial charge >= 0.3 is 0 Å². The number of aryl methyl sites for hydroxylation is 1. The second kappa shape index (κ2) is 14.1. The van der Waals surface area contributed by atoms with Crippen LogP contribution in [0.25, 0.3) is 0 Å². The fourth-order valence-electron chi connectivity index (χ4n) is 3.33. The highest BCUT2D eigenvalue weighted by Gasteiger charge is 2.19. The van der Waals surface area contributed by atoms with E-state index in [4.69, 9.17) is 8.95 Å². The number of hydrogen-bond acceptors (Lipinski definition) is 3. The predicted octanol–water partition coefficient (Wildman–Crippen LogP) is 8.55. The van der Waals surface area contributed by atoms with E-state index < -0.39 is 16.6 Å². The van der Waals surface area contributed by atoms with Gasteiger partial charge in [0.15, 0.2) is 0 Å². The Morgan fingerprint density at radius 2 is 1.33 bits per heavy atom. The summed E-state index contributed by atoms with van der Waals surface area (Å²) < 4.78 is 12.0. The van der Waals surface area contributed by atoms with E-state index in [-0.39, 0.29) is 0 Å². The van der Waals surface area contributed by atoms with Crippen LogP contribution in [0.4, 0.5) is 0 Å². The third-order valence-corrected chi connectivity index (χ3v) is 6.31. The van der Waals surface area contributed by atoms with E-state index in [9.17, 15) is 0 Å². The van der Waals surface area contributed by atoms with Crippen LogP contribution in [0.5, 0.6) is 5.75 Å². The minimum atomic E-state index is -1.67. The monoisotopic (exact) mass is 449 g/mol. The van der Waals surface area contributed by atoms with Gasteiger partial charge in [-0.25, -0.2) is 0 Å². The maximum Gasteiger partial charge on any atom is 0.278 e. The molecule has 0 atom stereocenters. The van der Waals surface area contributed by atoms with Crippen molar-refractivity contribution in [2.24, 2.45) is 5.16 Å². The predicted molar refractivity (Wildman–Crippen MR) is 138 cm³/mol. The minimum Gasteiger partial charge on any atom is -0.544 e. The second-order valence-corrected chi connectivity index (χ2v) is 19.3. The molecule has 0 unspecified atom stereocenters. The van der Waals surface area contributed by atoms with Crippen molar-refractivity contribution < 1.29 is 8.95 Å². The second-order valence-electron chi connectivity index (χ2n) is 10.5. The van der Waals surface area contributed by atoms with E-state index in [0.717, 1.165) is 17.7 Å². The Morgan fingerprint density at radius 1 is 0.767 bits per heavy atom. The smallest absolute Gasteiger partial charge is 0.278 e. The van der Waals surface area contributed by atoms with E-state index in [0.29, 0.717) is 0 Å². The molecular weight excluding hydrogens is 402 g/mol. The lowest BCUT2D eigenvalue weighted by molar-refractivity contribution is 0.338. The van der Waals surface area contributed by atoms with Crippen LogP contribution in [0.15, 0.2) is 23.4 Å². The van der Waals surface area contributed by atoms with Gasteiger partial charge in [0.05, 0.1) is 6.21 Å². The zero-order valence-electron chi connectivity index (χ0n) is 20.9. The molecule has 1 aromatic carbocycles. The Morgan fingerprint density at radius 3 is 1.87 bits per heavy atom. The zero-order chi connectivity index (χ0) is 22.5. The molecule has 0 aliphatic rings. The van der Waals surface area contributed by atoms with Crippen LogP contribution in [-0.4, -0.2) is 22.8 Å². The van der Waals surface area contributed by atoms with Gasteiger partial charge in [-0.2, -0.15) is 0 Å². The lowest BCUT2D eigenvalue weighted by atomic mass is 10.0. The van der Waals surface area contributed by atoms with Gasteiger partial charge < -0.3 is 8.95 Å². The zero-order valence-corrected chi connectivity index (χ0v) is 22.9. The van der Waals surface area contributed by atoms with Crippen LogP contribution in [0.3, 0.4) is 0 Å². The van der Waals surface area contributed by atoms with E-state index in [1.54, 1.807) is 0 Å². The fourth-order valence-corrected chi connectivity index (χ4v) is 4.55. The number of oxime groups is 1. The van der Waals surface area contributed by atoms with Crippen molar-refractivity contribution in [2.75, 3.05) is 0 Å². The highest BCUT2D eigenvalue weighted by Crippen LogP contribution is 2.23. The minimum absolute atomic E-state index is 0.934. The van der Waals surface area contributed by atoms with Gasteiger partial charge in [0.25, 0.3) is 8.32 Å². The largest absolute Gasteiger partial charge is 0.544 e. The topological polar surface area (TPSA) is 30.8 Å². The normalized spacial score (nSPS) is 12.5. The quantitative estimate of drug-likeness (QED) is 0.109. The standard InChI is InChI=1S/C25H47NO2Si2/c1-8-9-10-11-12-13-14-15-16-17-18-23-19-20-25(27-29(2,3)4)24(21-23)22-26-28-30(5,6)7/h19-22H,8-18H2,1-7H3. The van der Waals surface area contributed by atoms with Crippen LogP contribution < -0.4 is 4.43 Å². The average molecular weight is 450 g/mol. The lowest BCUT2D eigenvalue weighted by Gasteiger charge is -2.21. The molecule has 0 bridgehead atoms. The van der Waals surface area contributed by atoms with Crippen LogP contribution in [0, 0.1) is 0 Å². The summed E-state index contributed by atoms with van der Waals surface area (Å²) in [5.74, 6) is 0.934. The Hall–Kier alpha value is -1.08. The first-order valence-electron chi connectivity index (χ1n) is 12.1.